The van der Waals surface area contributed by atoms with Crippen LogP contribution in [0, 0.1) is 11.3 Å². The van der Waals surface area contributed by atoms with Crippen molar-refractivity contribution in [2.45, 2.75) is 52.6 Å². The van der Waals surface area contributed by atoms with Crippen molar-refractivity contribution in [2.24, 2.45) is 11.3 Å². The molecule has 0 amide bonds. The van der Waals surface area contributed by atoms with Crippen LogP contribution in [0.25, 0.3) is 0 Å². The molecular weight excluding hydrogens is 136 g/mol. The molecule has 0 aromatic heterocycles. The second kappa shape index (κ2) is 3.14. The van der Waals surface area contributed by atoms with Crippen molar-refractivity contribution >= 4 is 0 Å². The van der Waals surface area contributed by atoms with Crippen LogP contribution in [0.5, 0.6) is 0 Å². The molecule has 1 unspecified atom stereocenters. The predicted molar refractivity (Wildman–Crippen MR) is 47.4 cm³/mol. The summed E-state index contributed by atoms with van der Waals surface area (Å²) in [7, 11) is 0. The molecule has 0 radical (unpaired) electrons. The Morgan fingerprint density at radius 1 is 1.36 bits per heavy atom. The topological polar surface area (TPSA) is 20.2 Å². The molecule has 0 saturated heterocycles. The zero-order chi connectivity index (χ0) is 8.48. The van der Waals surface area contributed by atoms with Crippen LogP contribution in [0.4, 0.5) is 0 Å². The van der Waals surface area contributed by atoms with E-state index in [1.165, 1.54) is 19.3 Å². The average Bonchev–Trinajstić information content (AvgIpc) is 1.75. The van der Waals surface area contributed by atoms with Gasteiger partial charge in [0.1, 0.15) is 0 Å². The Labute approximate surface area is 69.8 Å². The molecule has 1 nitrogen and oxygen atoms in total. The van der Waals surface area contributed by atoms with Crippen molar-refractivity contribution in [2.75, 3.05) is 0 Å². The van der Waals surface area contributed by atoms with Gasteiger partial charge in [0.05, 0.1) is 6.10 Å². The summed E-state index contributed by atoms with van der Waals surface area (Å²) in [6.45, 7) is 6.32. The van der Waals surface area contributed by atoms with E-state index in [4.69, 9.17) is 0 Å². The van der Waals surface area contributed by atoms with Crippen molar-refractivity contribution in [3.05, 3.63) is 0 Å². The van der Waals surface area contributed by atoms with Gasteiger partial charge in [-0.2, -0.15) is 0 Å². The summed E-state index contributed by atoms with van der Waals surface area (Å²) in [5.74, 6) is 0.823. The molecule has 1 aliphatic rings. The van der Waals surface area contributed by atoms with Gasteiger partial charge in [0.15, 0.2) is 0 Å². The van der Waals surface area contributed by atoms with E-state index < -0.39 is 0 Å². The predicted octanol–water partition coefficient (Wildman–Crippen LogP) is 2.58. The van der Waals surface area contributed by atoms with Crippen LogP contribution in [0.1, 0.15) is 46.5 Å². The van der Waals surface area contributed by atoms with Gasteiger partial charge in [-0.1, -0.05) is 40.0 Å². The van der Waals surface area contributed by atoms with E-state index in [2.05, 4.69) is 20.8 Å². The van der Waals surface area contributed by atoms with E-state index in [1.807, 2.05) is 0 Å². The zero-order valence-corrected chi connectivity index (χ0v) is 7.93. The molecule has 0 heterocycles. The first-order valence-corrected chi connectivity index (χ1v) is 4.68. The molecule has 0 bridgehead atoms. The molecule has 1 aliphatic carbocycles. The van der Waals surface area contributed by atoms with Gasteiger partial charge < -0.3 is 5.11 Å². The first-order chi connectivity index (χ1) is 5.00. The van der Waals surface area contributed by atoms with Gasteiger partial charge in [0.2, 0.25) is 0 Å². The summed E-state index contributed by atoms with van der Waals surface area (Å²) in [5, 5.41) is 9.72. The zero-order valence-electron chi connectivity index (χ0n) is 7.93. The van der Waals surface area contributed by atoms with Crippen LogP contribution in [0.15, 0.2) is 0 Å². The lowest BCUT2D eigenvalue weighted by Crippen LogP contribution is -2.30. The smallest absolute Gasteiger partial charge is 0.0591 e. The molecule has 66 valence electrons. The minimum absolute atomic E-state index is 0.0790. The summed E-state index contributed by atoms with van der Waals surface area (Å²) in [4.78, 5) is 0. The van der Waals surface area contributed by atoms with Crippen LogP contribution in [-0.4, -0.2) is 11.2 Å². The molecule has 0 aromatic carbocycles. The third-order valence-corrected chi connectivity index (χ3v) is 2.78. The molecule has 0 aromatic rings. The van der Waals surface area contributed by atoms with Crippen molar-refractivity contribution in [3.8, 4) is 0 Å². The van der Waals surface area contributed by atoms with Crippen molar-refractivity contribution < 1.29 is 5.11 Å². The van der Waals surface area contributed by atoms with Gasteiger partial charge in [-0.15, -0.1) is 0 Å². The first-order valence-electron chi connectivity index (χ1n) is 4.68. The lowest BCUT2D eigenvalue weighted by Gasteiger charge is -2.33. The van der Waals surface area contributed by atoms with E-state index in [0.717, 1.165) is 12.3 Å². The molecule has 11 heavy (non-hydrogen) atoms. The summed E-state index contributed by atoms with van der Waals surface area (Å²) >= 11 is 0. The van der Waals surface area contributed by atoms with Gasteiger partial charge in [0.25, 0.3) is 0 Å². The number of aliphatic hydroxyl groups excluding tert-OH is 1. The van der Waals surface area contributed by atoms with Gasteiger partial charge >= 0.3 is 0 Å². The molecule has 0 spiro atoms. The van der Waals surface area contributed by atoms with Gasteiger partial charge in [-0.05, 0) is 17.8 Å². The van der Waals surface area contributed by atoms with E-state index in [0.29, 0.717) is 0 Å². The van der Waals surface area contributed by atoms with E-state index in [9.17, 15) is 5.11 Å². The average molecular weight is 156 g/mol. The summed E-state index contributed by atoms with van der Waals surface area (Å²) in [5.41, 5.74) is 0.0790. The monoisotopic (exact) mass is 156 g/mol. The molecule has 1 saturated carbocycles. The molecule has 1 rings (SSSR count). The Kier molecular flexibility index (Phi) is 2.58. The Balaban J connectivity index is 2.24. The molecule has 1 fully saturated rings. The molecule has 1 atom stereocenters. The van der Waals surface area contributed by atoms with E-state index in [-0.39, 0.29) is 11.5 Å². The van der Waals surface area contributed by atoms with Crippen molar-refractivity contribution in [1.82, 2.24) is 0 Å². The quantitative estimate of drug-likeness (QED) is 0.651. The van der Waals surface area contributed by atoms with Gasteiger partial charge in [-0.3, -0.25) is 0 Å². The number of aliphatic hydroxyl groups is 1. The summed E-state index contributed by atoms with van der Waals surface area (Å²) in [6, 6.07) is 0. The van der Waals surface area contributed by atoms with Crippen molar-refractivity contribution in [3.63, 3.8) is 0 Å². The van der Waals surface area contributed by atoms with Gasteiger partial charge in [0, 0.05) is 0 Å². The highest BCUT2D eigenvalue weighted by molar-refractivity contribution is 4.79. The minimum Gasteiger partial charge on any atom is -0.393 e. The van der Waals surface area contributed by atoms with E-state index >= 15 is 0 Å². The van der Waals surface area contributed by atoms with Gasteiger partial charge in [-0.25, -0.2) is 0 Å². The fraction of sp³-hybridized carbons (Fsp3) is 1.00. The minimum atomic E-state index is -0.104. The lowest BCUT2D eigenvalue weighted by atomic mass is 9.76. The standard InChI is InChI=1S/C10H20O/c1-10(2,3)9(11)7-8-5-4-6-8/h8-9,11H,4-7H2,1-3H3. The maximum Gasteiger partial charge on any atom is 0.0591 e. The summed E-state index contributed by atoms with van der Waals surface area (Å²) < 4.78 is 0. The van der Waals surface area contributed by atoms with Crippen LogP contribution >= 0.6 is 0 Å². The van der Waals surface area contributed by atoms with Crippen LogP contribution in [0.3, 0.4) is 0 Å². The highest BCUT2D eigenvalue weighted by Crippen LogP contribution is 2.34. The Hall–Kier alpha value is -0.0400. The largest absolute Gasteiger partial charge is 0.393 e. The Morgan fingerprint density at radius 3 is 2.18 bits per heavy atom. The fourth-order valence-electron chi connectivity index (χ4n) is 1.40. The van der Waals surface area contributed by atoms with Crippen LogP contribution in [-0.2, 0) is 0 Å². The first kappa shape index (κ1) is 9.05. The Morgan fingerprint density at radius 2 is 1.91 bits per heavy atom. The summed E-state index contributed by atoms with van der Waals surface area (Å²) in [6.07, 6.45) is 4.97. The fourth-order valence-corrected chi connectivity index (χ4v) is 1.40. The molecule has 1 N–H and O–H groups in total. The number of hydrogen-bond donors (Lipinski definition) is 1. The third-order valence-electron chi connectivity index (χ3n) is 2.78. The molecule has 1 heteroatoms. The second-order valence-corrected chi connectivity index (χ2v) is 4.91. The molecule has 0 aliphatic heterocycles. The number of rotatable bonds is 2. The maximum atomic E-state index is 9.72. The van der Waals surface area contributed by atoms with E-state index in [1.54, 1.807) is 0 Å². The van der Waals surface area contributed by atoms with Crippen LogP contribution < -0.4 is 0 Å². The number of hydrogen-bond acceptors (Lipinski definition) is 1. The maximum absolute atomic E-state index is 9.72. The van der Waals surface area contributed by atoms with Crippen LogP contribution in [0.2, 0.25) is 0 Å². The third kappa shape index (κ3) is 2.48. The SMILES string of the molecule is CC(C)(C)C(O)CC1CCC1. The normalized spacial score (nSPS) is 22.9. The Bertz CT molecular complexity index is 119. The lowest BCUT2D eigenvalue weighted by molar-refractivity contribution is 0.0290. The second-order valence-electron chi connectivity index (χ2n) is 4.91. The highest BCUT2D eigenvalue weighted by atomic mass is 16.3. The highest BCUT2D eigenvalue weighted by Gasteiger charge is 2.27. The molecular formula is C10H20O. The van der Waals surface area contributed by atoms with Crippen molar-refractivity contribution in [1.29, 1.82) is 0 Å².